The first-order chi connectivity index (χ1) is 7.20. The maximum Gasteiger partial charge on any atom is 0.0812 e. The lowest BCUT2D eigenvalue weighted by Gasteiger charge is -2.11. The Labute approximate surface area is 91.9 Å². The molecule has 0 radical (unpaired) electrons. The third-order valence-electron chi connectivity index (χ3n) is 2.17. The van der Waals surface area contributed by atoms with Crippen LogP contribution in [0.15, 0.2) is 30.3 Å². The number of ether oxygens (including phenoxy) is 1. The Hall–Kier alpha value is -0.860. The van der Waals surface area contributed by atoms with Crippen LogP contribution in [0.3, 0.4) is 0 Å². The summed E-state index contributed by atoms with van der Waals surface area (Å²) in [6.07, 6.45) is 0.259. The van der Waals surface area contributed by atoms with Crippen LogP contribution in [-0.2, 0) is 4.74 Å². The average molecular weight is 208 g/mol. The highest BCUT2D eigenvalue weighted by Gasteiger charge is 2.06. The second-order valence-corrected chi connectivity index (χ2v) is 4.18. The molecular weight excluding hydrogens is 188 g/mol. The van der Waals surface area contributed by atoms with Gasteiger partial charge in [0.1, 0.15) is 0 Å². The SMILES string of the molecule is CC(C)COCCC(O)c1ccccc1. The Kier molecular flexibility index (Phi) is 5.37. The van der Waals surface area contributed by atoms with Gasteiger partial charge in [-0.25, -0.2) is 0 Å². The van der Waals surface area contributed by atoms with Crippen LogP contribution in [0.5, 0.6) is 0 Å². The maximum absolute atomic E-state index is 9.81. The molecule has 1 aromatic carbocycles. The minimum atomic E-state index is -0.404. The van der Waals surface area contributed by atoms with E-state index in [2.05, 4.69) is 13.8 Å². The molecule has 0 fully saturated rings. The first kappa shape index (κ1) is 12.2. The summed E-state index contributed by atoms with van der Waals surface area (Å²) in [5, 5.41) is 9.81. The van der Waals surface area contributed by atoms with Crippen molar-refractivity contribution in [1.29, 1.82) is 0 Å². The van der Waals surface area contributed by atoms with Gasteiger partial charge in [0, 0.05) is 19.6 Å². The van der Waals surface area contributed by atoms with Crippen molar-refractivity contribution in [2.45, 2.75) is 26.4 Å². The van der Waals surface area contributed by atoms with Gasteiger partial charge in [0.15, 0.2) is 0 Å². The van der Waals surface area contributed by atoms with Gasteiger partial charge >= 0.3 is 0 Å². The van der Waals surface area contributed by atoms with E-state index in [0.717, 1.165) is 12.2 Å². The third kappa shape index (κ3) is 4.96. The molecule has 0 aromatic heterocycles. The van der Waals surface area contributed by atoms with E-state index in [1.807, 2.05) is 30.3 Å². The third-order valence-corrected chi connectivity index (χ3v) is 2.17. The van der Waals surface area contributed by atoms with E-state index in [1.54, 1.807) is 0 Å². The molecule has 1 atom stereocenters. The van der Waals surface area contributed by atoms with Gasteiger partial charge in [-0.2, -0.15) is 0 Å². The van der Waals surface area contributed by atoms with E-state index >= 15 is 0 Å². The van der Waals surface area contributed by atoms with Gasteiger partial charge in [-0.15, -0.1) is 0 Å². The van der Waals surface area contributed by atoms with Gasteiger partial charge in [0.25, 0.3) is 0 Å². The van der Waals surface area contributed by atoms with E-state index in [1.165, 1.54) is 0 Å². The van der Waals surface area contributed by atoms with Gasteiger partial charge in [-0.1, -0.05) is 44.2 Å². The molecule has 15 heavy (non-hydrogen) atoms. The smallest absolute Gasteiger partial charge is 0.0812 e. The van der Waals surface area contributed by atoms with E-state index in [0.29, 0.717) is 18.9 Å². The van der Waals surface area contributed by atoms with Crippen molar-refractivity contribution < 1.29 is 9.84 Å². The van der Waals surface area contributed by atoms with Crippen LogP contribution < -0.4 is 0 Å². The maximum atomic E-state index is 9.81. The van der Waals surface area contributed by atoms with Crippen molar-refractivity contribution >= 4 is 0 Å². The molecule has 1 aromatic rings. The molecule has 0 saturated heterocycles. The van der Waals surface area contributed by atoms with Crippen LogP contribution in [-0.4, -0.2) is 18.3 Å². The fraction of sp³-hybridized carbons (Fsp3) is 0.538. The van der Waals surface area contributed by atoms with Crippen molar-refractivity contribution in [2.75, 3.05) is 13.2 Å². The molecule has 0 aliphatic heterocycles. The summed E-state index contributed by atoms with van der Waals surface area (Å²) in [6.45, 7) is 5.62. The van der Waals surface area contributed by atoms with Crippen molar-refractivity contribution in [3.63, 3.8) is 0 Å². The Balaban J connectivity index is 2.22. The van der Waals surface area contributed by atoms with E-state index < -0.39 is 6.10 Å². The number of aliphatic hydroxyl groups excluding tert-OH is 1. The van der Waals surface area contributed by atoms with Crippen LogP contribution in [0.1, 0.15) is 31.9 Å². The lowest BCUT2D eigenvalue weighted by Crippen LogP contribution is -2.07. The number of benzene rings is 1. The zero-order chi connectivity index (χ0) is 11.1. The molecule has 84 valence electrons. The van der Waals surface area contributed by atoms with Crippen LogP contribution >= 0.6 is 0 Å². The summed E-state index contributed by atoms with van der Waals surface area (Å²) in [4.78, 5) is 0. The van der Waals surface area contributed by atoms with E-state index in [9.17, 15) is 5.11 Å². The summed E-state index contributed by atoms with van der Waals surface area (Å²) >= 11 is 0. The van der Waals surface area contributed by atoms with Gasteiger partial charge < -0.3 is 9.84 Å². The van der Waals surface area contributed by atoms with Crippen LogP contribution in [0.2, 0.25) is 0 Å². The van der Waals surface area contributed by atoms with Crippen LogP contribution in [0.25, 0.3) is 0 Å². The molecule has 0 aliphatic rings. The standard InChI is InChI=1S/C13H20O2/c1-11(2)10-15-9-8-13(14)12-6-4-3-5-7-12/h3-7,11,13-14H,8-10H2,1-2H3. The summed E-state index contributed by atoms with van der Waals surface area (Å²) in [6, 6.07) is 9.70. The van der Waals surface area contributed by atoms with Crippen molar-refractivity contribution in [1.82, 2.24) is 0 Å². The highest BCUT2D eigenvalue weighted by Crippen LogP contribution is 2.15. The topological polar surface area (TPSA) is 29.5 Å². The van der Waals surface area contributed by atoms with Gasteiger partial charge in [-0.3, -0.25) is 0 Å². The molecule has 0 aliphatic carbocycles. The number of hydrogen-bond donors (Lipinski definition) is 1. The fourth-order valence-electron chi connectivity index (χ4n) is 1.36. The lowest BCUT2D eigenvalue weighted by atomic mass is 10.1. The summed E-state index contributed by atoms with van der Waals surface area (Å²) in [5.41, 5.74) is 0.964. The highest BCUT2D eigenvalue weighted by molar-refractivity contribution is 5.16. The number of rotatable bonds is 6. The predicted octanol–water partition coefficient (Wildman–Crippen LogP) is 2.78. The zero-order valence-corrected chi connectivity index (χ0v) is 9.52. The molecule has 0 heterocycles. The first-order valence-electron chi connectivity index (χ1n) is 5.51. The van der Waals surface area contributed by atoms with Crippen LogP contribution in [0.4, 0.5) is 0 Å². The van der Waals surface area contributed by atoms with E-state index in [-0.39, 0.29) is 0 Å². The minimum Gasteiger partial charge on any atom is -0.388 e. The second kappa shape index (κ2) is 6.59. The number of aliphatic hydroxyl groups is 1. The average Bonchev–Trinajstić information content (AvgIpc) is 2.25. The van der Waals surface area contributed by atoms with Crippen molar-refractivity contribution in [3.8, 4) is 0 Å². The molecule has 0 bridgehead atoms. The quantitative estimate of drug-likeness (QED) is 0.728. The molecule has 1 unspecified atom stereocenters. The zero-order valence-electron chi connectivity index (χ0n) is 9.52. The molecule has 1 N–H and O–H groups in total. The Morgan fingerprint density at radius 3 is 2.47 bits per heavy atom. The summed E-state index contributed by atoms with van der Waals surface area (Å²) in [5.74, 6) is 0.555. The molecule has 2 heteroatoms. The molecule has 1 rings (SSSR count). The number of hydrogen-bond acceptors (Lipinski definition) is 2. The fourth-order valence-corrected chi connectivity index (χ4v) is 1.36. The molecular formula is C13H20O2. The second-order valence-electron chi connectivity index (χ2n) is 4.18. The van der Waals surface area contributed by atoms with E-state index in [4.69, 9.17) is 4.74 Å². The van der Waals surface area contributed by atoms with Gasteiger partial charge in [0.05, 0.1) is 6.10 Å². The van der Waals surface area contributed by atoms with Crippen LogP contribution in [0, 0.1) is 5.92 Å². The molecule has 0 amide bonds. The minimum absolute atomic E-state index is 0.404. The predicted molar refractivity (Wildman–Crippen MR) is 61.7 cm³/mol. The lowest BCUT2D eigenvalue weighted by molar-refractivity contribution is 0.0685. The molecule has 0 spiro atoms. The molecule has 0 saturated carbocycles. The van der Waals surface area contributed by atoms with Crippen molar-refractivity contribution in [3.05, 3.63) is 35.9 Å². The first-order valence-corrected chi connectivity index (χ1v) is 5.51. The van der Waals surface area contributed by atoms with Gasteiger partial charge in [-0.05, 0) is 11.5 Å². The Morgan fingerprint density at radius 1 is 1.20 bits per heavy atom. The summed E-state index contributed by atoms with van der Waals surface area (Å²) < 4.78 is 5.43. The van der Waals surface area contributed by atoms with Crippen molar-refractivity contribution in [2.24, 2.45) is 5.92 Å². The Bertz CT molecular complexity index is 256. The Morgan fingerprint density at radius 2 is 1.87 bits per heavy atom. The monoisotopic (exact) mass is 208 g/mol. The largest absolute Gasteiger partial charge is 0.388 e. The summed E-state index contributed by atoms with van der Waals surface area (Å²) in [7, 11) is 0. The normalized spacial score (nSPS) is 13.1. The molecule has 2 nitrogen and oxygen atoms in total. The van der Waals surface area contributed by atoms with Gasteiger partial charge in [0.2, 0.25) is 0 Å². The highest BCUT2D eigenvalue weighted by atomic mass is 16.5.